The first kappa shape index (κ1) is 11.5. The lowest BCUT2D eigenvalue weighted by Crippen LogP contribution is -2.04. The van der Waals surface area contributed by atoms with Crippen molar-refractivity contribution in [3.63, 3.8) is 0 Å². The quantitative estimate of drug-likeness (QED) is 0.856. The fraction of sp³-hybridized carbons (Fsp3) is 0.0909. The number of halogens is 1. The predicted molar refractivity (Wildman–Crippen MR) is 65.0 cm³/mol. The van der Waals surface area contributed by atoms with Crippen LogP contribution in [0.4, 0.5) is 5.82 Å². The Bertz CT molecular complexity index is 575. The number of nitrogen functional groups attached to an aromatic ring is 1. The van der Waals surface area contributed by atoms with Crippen molar-refractivity contribution in [3.05, 3.63) is 34.9 Å². The second-order valence-electron chi connectivity index (χ2n) is 3.54. The molecule has 2 aromatic rings. The van der Waals surface area contributed by atoms with E-state index in [1.54, 1.807) is 31.3 Å². The number of aryl methyl sites for hydroxylation is 1. The summed E-state index contributed by atoms with van der Waals surface area (Å²) in [4.78, 5) is 11.1. The number of aromatic carboxylic acids is 1. The highest BCUT2D eigenvalue weighted by molar-refractivity contribution is 6.30. The molecule has 1 aromatic heterocycles. The monoisotopic (exact) mass is 251 g/mol. The molecule has 0 aliphatic carbocycles. The fourth-order valence-electron chi connectivity index (χ4n) is 1.56. The lowest BCUT2D eigenvalue weighted by molar-refractivity contribution is 0.0699. The molecule has 0 radical (unpaired) electrons. The zero-order chi connectivity index (χ0) is 12.6. The second-order valence-corrected chi connectivity index (χ2v) is 3.98. The summed E-state index contributed by atoms with van der Waals surface area (Å²) in [5, 5.41) is 13.8. The van der Waals surface area contributed by atoms with E-state index >= 15 is 0 Å². The van der Waals surface area contributed by atoms with Crippen LogP contribution in [0.15, 0.2) is 24.3 Å². The molecule has 0 saturated carbocycles. The van der Waals surface area contributed by atoms with Gasteiger partial charge in [-0.1, -0.05) is 23.7 Å². The lowest BCUT2D eigenvalue weighted by Gasteiger charge is -1.99. The maximum Gasteiger partial charge on any atom is 0.341 e. The number of rotatable bonds is 2. The number of nitrogens with zero attached hydrogens (tertiary/aromatic N) is 2. The van der Waals surface area contributed by atoms with E-state index in [4.69, 9.17) is 22.4 Å². The van der Waals surface area contributed by atoms with E-state index < -0.39 is 5.97 Å². The van der Waals surface area contributed by atoms with E-state index in [2.05, 4.69) is 5.10 Å². The van der Waals surface area contributed by atoms with Crippen LogP contribution in [0.5, 0.6) is 0 Å². The van der Waals surface area contributed by atoms with Crippen molar-refractivity contribution < 1.29 is 9.90 Å². The highest BCUT2D eigenvalue weighted by Gasteiger charge is 2.21. The van der Waals surface area contributed by atoms with Crippen molar-refractivity contribution >= 4 is 23.4 Å². The number of carboxylic acid groups (broad SMARTS) is 1. The average Bonchev–Trinajstić information content (AvgIpc) is 2.56. The molecule has 6 heteroatoms. The summed E-state index contributed by atoms with van der Waals surface area (Å²) in [5.41, 5.74) is 6.68. The van der Waals surface area contributed by atoms with Crippen molar-refractivity contribution in [3.8, 4) is 11.3 Å². The van der Waals surface area contributed by atoms with Crippen LogP contribution in [0, 0.1) is 0 Å². The van der Waals surface area contributed by atoms with E-state index in [9.17, 15) is 4.79 Å². The summed E-state index contributed by atoms with van der Waals surface area (Å²) in [6, 6.07) is 6.76. The first-order chi connectivity index (χ1) is 8.00. The molecule has 88 valence electrons. The zero-order valence-corrected chi connectivity index (χ0v) is 9.77. The van der Waals surface area contributed by atoms with E-state index in [1.165, 1.54) is 4.68 Å². The third-order valence-corrected chi connectivity index (χ3v) is 2.68. The van der Waals surface area contributed by atoms with Crippen molar-refractivity contribution in [1.82, 2.24) is 9.78 Å². The number of nitrogens with two attached hydrogens (primary N) is 1. The second kappa shape index (κ2) is 4.10. The Balaban J connectivity index is 2.63. The molecule has 0 spiro atoms. The van der Waals surface area contributed by atoms with Crippen LogP contribution < -0.4 is 5.73 Å². The smallest absolute Gasteiger partial charge is 0.341 e. The molecule has 0 unspecified atom stereocenters. The average molecular weight is 252 g/mol. The molecule has 2 rings (SSSR count). The summed E-state index contributed by atoms with van der Waals surface area (Å²) in [5.74, 6) is -0.969. The van der Waals surface area contributed by atoms with Gasteiger partial charge in [0.1, 0.15) is 17.1 Å². The summed E-state index contributed by atoms with van der Waals surface area (Å²) >= 11 is 5.77. The molecule has 0 bridgehead atoms. The van der Waals surface area contributed by atoms with Crippen LogP contribution in [0.25, 0.3) is 11.3 Å². The van der Waals surface area contributed by atoms with Crippen LogP contribution in [0.3, 0.4) is 0 Å². The van der Waals surface area contributed by atoms with Crippen molar-refractivity contribution in [2.75, 3.05) is 5.73 Å². The highest BCUT2D eigenvalue weighted by atomic mass is 35.5. The number of benzene rings is 1. The van der Waals surface area contributed by atoms with Gasteiger partial charge in [0.15, 0.2) is 0 Å². The zero-order valence-electron chi connectivity index (χ0n) is 9.01. The van der Waals surface area contributed by atoms with E-state index in [1.807, 2.05) is 0 Å². The molecule has 0 atom stereocenters. The van der Waals surface area contributed by atoms with Crippen LogP contribution >= 0.6 is 11.6 Å². The van der Waals surface area contributed by atoms with Gasteiger partial charge in [-0.15, -0.1) is 0 Å². The predicted octanol–water partition coefficient (Wildman–Crippen LogP) is 2.02. The normalized spacial score (nSPS) is 10.5. The minimum absolute atomic E-state index is 0.00909. The van der Waals surface area contributed by atoms with E-state index in [0.717, 1.165) is 0 Å². The van der Waals surface area contributed by atoms with Crippen LogP contribution in [0.1, 0.15) is 10.4 Å². The SMILES string of the molecule is Cn1nc(-c2ccc(Cl)cc2)c(C(=O)O)c1N. The van der Waals surface area contributed by atoms with Gasteiger partial charge in [0.25, 0.3) is 0 Å². The third-order valence-electron chi connectivity index (χ3n) is 2.42. The largest absolute Gasteiger partial charge is 0.477 e. The first-order valence-corrected chi connectivity index (χ1v) is 5.20. The van der Waals surface area contributed by atoms with Gasteiger partial charge in [-0.05, 0) is 12.1 Å². The Morgan fingerprint density at radius 2 is 2.00 bits per heavy atom. The lowest BCUT2D eigenvalue weighted by atomic mass is 10.1. The maximum atomic E-state index is 11.1. The number of aromatic nitrogens is 2. The fourth-order valence-corrected chi connectivity index (χ4v) is 1.68. The molecule has 3 N–H and O–H groups in total. The van der Waals surface area contributed by atoms with Crippen molar-refractivity contribution in [1.29, 1.82) is 0 Å². The van der Waals surface area contributed by atoms with Crippen LogP contribution in [-0.2, 0) is 7.05 Å². The molecule has 1 aromatic carbocycles. The Morgan fingerprint density at radius 3 is 2.53 bits per heavy atom. The summed E-state index contributed by atoms with van der Waals surface area (Å²) < 4.78 is 1.34. The molecule has 0 amide bonds. The van der Waals surface area contributed by atoms with Gasteiger partial charge in [-0.25, -0.2) is 4.79 Å². The Morgan fingerprint density at radius 1 is 1.41 bits per heavy atom. The molecule has 0 aliphatic heterocycles. The number of carbonyl (C=O) groups is 1. The van der Waals surface area contributed by atoms with Gasteiger partial charge in [0.05, 0.1) is 0 Å². The molecular weight excluding hydrogens is 242 g/mol. The summed E-state index contributed by atoms with van der Waals surface area (Å²) in [6.45, 7) is 0. The summed E-state index contributed by atoms with van der Waals surface area (Å²) in [7, 11) is 1.60. The topological polar surface area (TPSA) is 81.1 Å². The van der Waals surface area contributed by atoms with E-state index in [0.29, 0.717) is 16.3 Å². The molecule has 0 fully saturated rings. The van der Waals surface area contributed by atoms with Gasteiger partial charge in [0.2, 0.25) is 0 Å². The van der Waals surface area contributed by atoms with Gasteiger partial charge >= 0.3 is 5.97 Å². The van der Waals surface area contributed by atoms with Crippen molar-refractivity contribution in [2.24, 2.45) is 7.05 Å². The molecule has 1 heterocycles. The number of anilines is 1. The Kier molecular flexibility index (Phi) is 2.77. The standard InChI is InChI=1S/C11H10ClN3O2/c1-15-10(13)8(11(16)17)9(14-15)6-2-4-7(12)5-3-6/h2-5H,13H2,1H3,(H,16,17). The van der Waals surface area contributed by atoms with Crippen molar-refractivity contribution in [2.45, 2.75) is 0 Å². The van der Waals surface area contributed by atoms with Crippen LogP contribution in [0.2, 0.25) is 5.02 Å². The molecule has 5 nitrogen and oxygen atoms in total. The molecule has 0 aliphatic rings. The molecule has 17 heavy (non-hydrogen) atoms. The Hall–Kier alpha value is -2.01. The third kappa shape index (κ3) is 1.97. The first-order valence-electron chi connectivity index (χ1n) is 4.82. The Labute approximate surface area is 102 Å². The van der Waals surface area contributed by atoms with Gasteiger partial charge in [-0.2, -0.15) is 5.10 Å². The summed E-state index contributed by atoms with van der Waals surface area (Å²) in [6.07, 6.45) is 0. The van der Waals surface area contributed by atoms with E-state index in [-0.39, 0.29) is 11.4 Å². The highest BCUT2D eigenvalue weighted by Crippen LogP contribution is 2.27. The van der Waals surface area contributed by atoms with Gasteiger partial charge < -0.3 is 10.8 Å². The minimum Gasteiger partial charge on any atom is -0.477 e. The number of carboxylic acids is 1. The molecular formula is C11H10ClN3O2. The van der Waals surface area contributed by atoms with Crippen LogP contribution in [-0.4, -0.2) is 20.9 Å². The molecule has 0 saturated heterocycles. The number of hydrogen-bond donors (Lipinski definition) is 2. The maximum absolute atomic E-state index is 11.1. The van der Waals surface area contributed by atoms with Gasteiger partial charge in [-0.3, -0.25) is 4.68 Å². The number of hydrogen-bond acceptors (Lipinski definition) is 3. The van der Waals surface area contributed by atoms with Gasteiger partial charge in [0, 0.05) is 17.6 Å². The minimum atomic E-state index is -1.10.